The van der Waals surface area contributed by atoms with Gasteiger partial charge < -0.3 is 34.8 Å². The number of rotatable bonds is 42. The summed E-state index contributed by atoms with van der Waals surface area (Å²) in [4.78, 5) is 35.1. The number of allylic oxidation sites excluding steroid dienone is 7. The number of carbonyl (C=O) groups excluding carboxylic acids is 2. The van der Waals surface area contributed by atoms with Gasteiger partial charge in [-0.25, -0.2) is 4.57 Å². The van der Waals surface area contributed by atoms with E-state index in [9.17, 15) is 34.4 Å². The lowest BCUT2D eigenvalue weighted by molar-refractivity contribution is -0.161. The molecule has 0 aliphatic carbocycles. The van der Waals surface area contributed by atoms with E-state index in [1.807, 2.05) is 12.2 Å². The lowest BCUT2D eigenvalue weighted by atomic mass is 10.0. The van der Waals surface area contributed by atoms with E-state index in [1.165, 1.54) is 77.0 Å². The summed E-state index contributed by atoms with van der Waals surface area (Å²) in [6.07, 6.45) is 36.7. The van der Waals surface area contributed by atoms with Crippen molar-refractivity contribution in [2.24, 2.45) is 0 Å². The third-order valence-corrected chi connectivity index (χ3v) is 10.6. The molecule has 344 valence electrons. The van der Waals surface area contributed by atoms with Crippen LogP contribution in [-0.4, -0.2) is 88.1 Å². The molecule has 5 N–H and O–H groups in total. The number of phosphoric acid groups is 1. The Morgan fingerprint density at radius 1 is 0.559 bits per heavy atom. The van der Waals surface area contributed by atoms with Gasteiger partial charge in [0.2, 0.25) is 0 Å². The molecule has 12 nitrogen and oxygen atoms in total. The second kappa shape index (κ2) is 41.2. The smallest absolute Gasteiger partial charge is 0.462 e. The van der Waals surface area contributed by atoms with Crippen molar-refractivity contribution >= 4 is 19.8 Å². The quantitative estimate of drug-likeness (QED) is 0.0169. The van der Waals surface area contributed by atoms with Gasteiger partial charge in [-0.05, 0) is 77.0 Å². The molecule has 0 aliphatic heterocycles. The fourth-order valence-electron chi connectivity index (χ4n) is 5.97. The fraction of sp³-hybridized carbons (Fsp3) is 0.783. The van der Waals surface area contributed by atoms with Crippen molar-refractivity contribution in [3.05, 3.63) is 48.6 Å². The van der Waals surface area contributed by atoms with E-state index in [0.29, 0.717) is 6.42 Å². The number of phosphoric ester groups is 1. The molecule has 59 heavy (non-hydrogen) atoms. The van der Waals surface area contributed by atoms with Crippen molar-refractivity contribution in [3.63, 3.8) is 0 Å². The average molecular weight is 859 g/mol. The summed E-state index contributed by atoms with van der Waals surface area (Å²) >= 11 is 0. The van der Waals surface area contributed by atoms with Crippen LogP contribution in [0.15, 0.2) is 48.6 Å². The highest BCUT2D eigenvalue weighted by Gasteiger charge is 2.27. The molecule has 0 amide bonds. The Morgan fingerprint density at radius 2 is 1.03 bits per heavy atom. The van der Waals surface area contributed by atoms with Gasteiger partial charge in [0.25, 0.3) is 0 Å². The first kappa shape index (κ1) is 56.9. The van der Waals surface area contributed by atoms with E-state index in [1.54, 1.807) is 0 Å². The third-order valence-electron chi connectivity index (χ3n) is 9.66. The summed E-state index contributed by atoms with van der Waals surface area (Å²) in [6.45, 7) is 2.02. The monoisotopic (exact) mass is 859 g/mol. The molecule has 0 aromatic heterocycles. The Kier molecular flexibility index (Phi) is 39.7. The van der Waals surface area contributed by atoms with Crippen LogP contribution in [0.25, 0.3) is 0 Å². The molecule has 0 saturated heterocycles. The number of aliphatic hydroxyl groups is 4. The summed E-state index contributed by atoms with van der Waals surface area (Å²) in [5.74, 6) is -1.21. The molecule has 0 fully saturated rings. The SMILES string of the molecule is CCCCC/C=C\C/C=C\C/C=C\CC(O)C(O)CCCC(=O)OC[C@H](COP(=O)(O)OC[C@@H](O)CO)OC(=O)CCCCCCCCC/C=C\CCCCCCCC. The Balaban J connectivity index is 4.51. The molecule has 0 spiro atoms. The highest BCUT2D eigenvalue weighted by Crippen LogP contribution is 2.43. The summed E-state index contributed by atoms with van der Waals surface area (Å²) in [5, 5.41) is 39.0. The molecule has 13 heteroatoms. The maximum atomic E-state index is 12.6. The van der Waals surface area contributed by atoms with Crippen molar-refractivity contribution in [2.45, 2.75) is 205 Å². The van der Waals surface area contributed by atoms with Gasteiger partial charge in [0.1, 0.15) is 12.7 Å². The van der Waals surface area contributed by atoms with E-state index in [2.05, 4.69) is 54.8 Å². The predicted molar refractivity (Wildman–Crippen MR) is 236 cm³/mol. The molecule has 0 aliphatic rings. The minimum Gasteiger partial charge on any atom is -0.462 e. The Hall–Kier alpha value is -2.15. The molecule has 0 rings (SSSR count). The number of carbonyl (C=O) groups is 2. The molecule has 0 bridgehead atoms. The molecular formula is C46H83O12P. The molecule has 3 unspecified atom stereocenters. The van der Waals surface area contributed by atoms with Crippen LogP contribution in [0.1, 0.15) is 181 Å². The summed E-state index contributed by atoms with van der Waals surface area (Å²) < 4.78 is 32.6. The lowest BCUT2D eigenvalue weighted by Gasteiger charge is -2.20. The van der Waals surface area contributed by atoms with E-state index in [4.69, 9.17) is 19.1 Å². The Labute approximate surface area is 357 Å². The van der Waals surface area contributed by atoms with Crippen molar-refractivity contribution in [1.82, 2.24) is 0 Å². The summed E-state index contributed by atoms with van der Waals surface area (Å²) in [5.41, 5.74) is 0. The van der Waals surface area contributed by atoms with E-state index >= 15 is 0 Å². The highest BCUT2D eigenvalue weighted by molar-refractivity contribution is 7.47. The second-order valence-corrected chi connectivity index (χ2v) is 16.8. The molecule has 5 atom stereocenters. The number of esters is 2. The first-order valence-corrected chi connectivity index (χ1v) is 24.3. The fourth-order valence-corrected chi connectivity index (χ4v) is 6.76. The first-order valence-electron chi connectivity index (χ1n) is 22.8. The number of hydrogen-bond acceptors (Lipinski definition) is 11. The molecule has 0 heterocycles. The van der Waals surface area contributed by atoms with Gasteiger partial charge in [-0.3, -0.25) is 18.6 Å². The van der Waals surface area contributed by atoms with Crippen LogP contribution >= 0.6 is 7.82 Å². The zero-order valence-corrected chi connectivity index (χ0v) is 37.6. The Bertz CT molecular complexity index is 1160. The van der Waals surface area contributed by atoms with Gasteiger partial charge in [-0.1, -0.05) is 140 Å². The largest absolute Gasteiger partial charge is 0.472 e. The van der Waals surface area contributed by atoms with Gasteiger partial charge in [-0.15, -0.1) is 0 Å². The van der Waals surface area contributed by atoms with Gasteiger partial charge in [-0.2, -0.15) is 0 Å². The Morgan fingerprint density at radius 3 is 1.64 bits per heavy atom. The van der Waals surface area contributed by atoms with Crippen LogP contribution < -0.4 is 0 Å². The van der Waals surface area contributed by atoms with Gasteiger partial charge in [0.15, 0.2) is 6.10 Å². The number of unbranched alkanes of at least 4 members (excludes halogenated alkanes) is 16. The average Bonchev–Trinajstić information content (AvgIpc) is 3.22. The van der Waals surface area contributed by atoms with Crippen LogP contribution in [-0.2, 0) is 32.7 Å². The van der Waals surface area contributed by atoms with Crippen LogP contribution in [0.2, 0.25) is 0 Å². The number of aliphatic hydroxyl groups excluding tert-OH is 4. The van der Waals surface area contributed by atoms with Gasteiger partial charge in [0, 0.05) is 12.8 Å². The first-order chi connectivity index (χ1) is 28.5. The molecule has 0 radical (unpaired) electrons. The normalized spacial score (nSPS) is 15.3. The summed E-state index contributed by atoms with van der Waals surface area (Å²) in [6, 6.07) is 0. The molecular weight excluding hydrogens is 775 g/mol. The number of ether oxygens (including phenoxy) is 2. The zero-order chi connectivity index (χ0) is 43.7. The standard InChI is InChI=1S/C46H83O12P/c1-3-5-7-9-11-13-15-17-18-19-20-21-23-25-27-29-31-35-46(52)58-42(40-57-59(53,54)56-38-41(48)37-47)39-55-45(51)36-32-34-44(50)43(49)33-30-28-26-24-22-16-14-12-10-8-6-4-2/h12,14,17-18,22,24,28,30,41-44,47-50H,3-11,13,15-16,19-21,23,25-27,29,31-40H2,1-2H3,(H,53,54)/b14-12-,18-17-,24-22-,30-28-/t41-,42+,43?,44?/m0/s1. The van der Waals surface area contributed by atoms with Crippen molar-refractivity contribution in [1.29, 1.82) is 0 Å². The van der Waals surface area contributed by atoms with Crippen LogP contribution in [0, 0.1) is 0 Å². The van der Waals surface area contributed by atoms with E-state index in [0.717, 1.165) is 51.4 Å². The maximum absolute atomic E-state index is 12.6. The lowest BCUT2D eigenvalue weighted by Crippen LogP contribution is -2.30. The van der Waals surface area contributed by atoms with Crippen LogP contribution in [0.5, 0.6) is 0 Å². The minimum absolute atomic E-state index is 0.0738. The predicted octanol–water partition coefficient (Wildman–Crippen LogP) is 10.1. The van der Waals surface area contributed by atoms with E-state index in [-0.39, 0.29) is 32.1 Å². The third kappa shape index (κ3) is 39.7. The topological polar surface area (TPSA) is 189 Å². The molecule has 0 aromatic rings. The van der Waals surface area contributed by atoms with Crippen molar-refractivity contribution < 1.29 is 58.0 Å². The molecule has 0 aromatic carbocycles. The van der Waals surface area contributed by atoms with Crippen molar-refractivity contribution in [2.75, 3.05) is 26.4 Å². The highest BCUT2D eigenvalue weighted by atomic mass is 31.2. The van der Waals surface area contributed by atoms with Gasteiger partial charge >= 0.3 is 19.8 Å². The molecule has 0 saturated carbocycles. The second-order valence-electron chi connectivity index (χ2n) is 15.4. The minimum atomic E-state index is -4.69. The van der Waals surface area contributed by atoms with Crippen LogP contribution in [0.3, 0.4) is 0 Å². The van der Waals surface area contributed by atoms with Gasteiger partial charge in [0.05, 0.1) is 32.0 Å². The number of hydrogen-bond donors (Lipinski definition) is 5. The van der Waals surface area contributed by atoms with Crippen LogP contribution in [0.4, 0.5) is 0 Å². The maximum Gasteiger partial charge on any atom is 0.472 e. The summed E-state index contributed by atoms with van der Waals surface area (Å²) in [7, 11) is -4.69. The zero-order valence-electron chi connectivity index (χ0n) is 36.7. The van der Waals surface area contributed by atoms with E-state index < -0.39 is 70.6 Å². The van der Waals surface area contributed by atoms with Crippen molar-refractivity contribution in [3.8, 4) is 0 Å².